The quantitative estimate of drug-likeness (QED) is 0.612. The molecule has 0 unspecified atom stereocenters. The second-order valence-corrected chi connectivity index (χ2v) is 5.24. The van der Waals surface area contributed by atoms with Gasteiger partial charge in [-0.3, -0.25) is 4.79 Å². The molecule has 0 atom stereocenters. The van der Waals surface area contributed by atoms with Crippen LogP contribution in [0.2, 0.25) is 0 Å². The van der Waals surface area contributed by atoms with Crippen molar-refractivity contribution in [1.82, 2.24) is 0 Å². The van der Waals surface area contributed by atoms with E-state index in [0.717, 1.165) is 6.42 Å². The Morgan fingerprint density at radius 2 is 2.00 bits per heavy atom. The molecule has 2 aromatic rings. The maximum atomic E-state index is 12.3. The number of ether oxygens (including phenoxy) is 2. The van der Waals surface area contributed by atoms with Crippen molar-refractivity contribution in [3.63, 3.8) is 0 Å². The van der Waals surface area contributed by atoms with Crippen LogP contribution in [0, 0.1) is 11.3 Å². The van der Waals surface area contributed by atoms with Crippen molar-refractivity contribution in [2.45, 2.75) is 13.3 Å². The third kappa shape index (κ3) is 5.11. The Balaban J connectivity index is 2.28. The first-order valence-corrected chi connectivity index (χ1v) is 7.97. The highest BCUT2D eigenvalue weighted by Gasteiger charge is 2.12. The lowest BCUT2D eigenvalue weighted by Crippen LogP contribution is -2.13. The second-order valence-electron chi connectivity index (χ2n) is 5.24. The number of methoxy groups -OCH3 is 1. The number of nitrogens with one attached hydrogen (secondary N) is 1. The lowest BCUT2D eigenvalue weighted by molar-refractivity contribution is -0.112. The fourth-order valence-electron chi connectivity index (χ4n) is 2.12. The first kappa shape index (κ1) is 18.1. The minimum absolute atomic E-state index is 0.00429. The molecule has 2 aromatic carbocycles. The van der Waals surface area contributed by atoms with E-state index >= 15 is 0 Å². The maximum Gasteiger partial charge on any atom is 0.266 e. The van der Waals surface area contributed by atoms with Crippen molar-refractivity contribution in [3.8, 4) is 17.6 Å². The summed E-state index contributed by atoms with van der Waals surface area (Å²) < 4.78 is 10.9. The van der Waals surface area contributed by atoms with E-state index in [9.17, 15) is 10.1 Å². The monoisotopic (exact) mass is 336 g/mol. The van der Waals surface area contributed by atoms with Gasteiger partial charge in [0.05, 0.1) is 13.7 Å². The molecule has 1 N–H and O–H groups in total. The lowest BCUT2D eigenvalue weighted by Gasteiger charge is -2.11. The molecule has 5 nitrogen and oxygen atoms in total. The molecule has 0 radical (unpaired) electrons. The van der Waals surface area contributed by atoms with E-state index in [0.29, 0.717) is 29.4 Å². The normalized spacial score (nSPS) is 10.7. The van der Waals surface area contributed by atoms with E-state index in [4.69, 9.17) is 9.47 Å². The molecule has 5 heteroatoms. The zero-order valence-electron chi connectivity index (χ0n) is 14.3. The summed E-state index contributed by atoms with van der Waals surface area (Å²) >= 11 is 0. The van der Waals surface area contributed by atoms with Crippen molar-refractivity contribution in [2.75, 3.05) is 19.0 Å². The molecule has 0 saturated carbocycles. The van der Waals surface area contributed by atoms with Gasteiger partial charge in [-0.05, 0) is 36.8 Å². The van der Waals surface area contributed by atoms with Crippen LogP contribution in [-0.4, -0.2) is 19.6 Å². The largest absolute Gasteiger partial charge is 0.497 e. The highest BCUT2D eigenvalue weighted by molar-refractivity contribution is 6.09. The van der Waals surface area contributed by atoms with Crippen LogP contribution >= 0.6 is 0 Å². The molecule has 0 aliphatic heterocycles. The molecular weight excluding hydrogens is 316 g/mol. The van der Waals surface area contributed by atoms with Gasteiger partial charge in [-0.25, -0.2) is 0 Å². The fraction of sp³-hybridized carbons (Fsp3) is 0.200. The molecule has 128 valence electrons. The van der Waals surface area contributed by atoms with Gasteiger partial charge in [-0.2, -0.15) is 5.26 Å². The van der Waals surface area contributed by atoms with Crippen LogP contribution in [0.4, 0.5) is 5.69 Å². The van der Waals surface area contributed by atoms with Crippen molar-refractivity contribution < 1.29 is 14.3 Å². The minimum Gasteiger partial charge on any atom is -0.497 e. The van der Waals surface area contributed by atoms with Crippen LogP contribution in [0.5, 0.6) is 11.5 Å². The van der Waals surface area contributed by atoms with Gasteiger partial charge in [0.25, 0.3) is 5.91 Å². The maximum absolute atomic E-state index is 12.3. The Kier molecular flexibility index (Phi) is 6.61. The second kappa shape index (κ2) is 9.14. The summed E-state index contributed by atoms with van der Waals surface area (Å²) in [7, 11) is 1.57. The van der Waals surface area contributed by atoms with E-state index < -0.39 is 5.91 Å². The number of hydrogen-bond acceptors (Lipinski definition) is 4. The Labute approximate surface area is 147 Å². The number of hydrogen-bond donors (Lipinski definition) is 1. The van der Waals surface area contributed by atoms with E-state index in [1.807, 2.05) is 31.2 Å². The third-order valence-electron chi connectivity index (χ3n) is 3.38. The molecule has 0 fully saturated rings. The van der Waals surface area contributed by atoms with Gasteiger partial charge in [-0.1, -0.05) is 25.1 Å². The number of nitriles is 1. The standard InChI is InChI=1S/C20H20N2O3/c1-3-11-25-19-13-18(24-2)10-9-15(19)12-16(14-21)20(23)22-17-7-5-4-6-8-17/h4-10,12-13H,3,11H2,1-2H3,(H,22,23)/b16-12+. The topological polar surface area (TPSA) is 71.3 Å². The SMILES string of the molecule is CCCOc1cc(OC)ccc1/C=C(\C#N)C(=O)Nc1ccccc1. The number of carbonyl (C=O) groups excluding carboxylic acids is 1. The van der Waals surface area contributed by atoms with Crippen LogP contribution < -0.4 is 14.8 Å². The number of rotatable bonds is 7. The highest BCUT2D eigenvalue weighted by Crippen LogP contribution is 2.27. The number of amides is 1. The van der Waals surface area contributed by atoms with Crippen LogP contribution in [0.1, 0.15) is 18.9 Å². The van der Waals surface area contributed by atoms with E-state index in [1.165, 1.54) is 6.08 Å². The van der Waals surface area contributed by atoms with Crippen molar-refractivity contribution in [3.05, 3.63) is 59.7 Å². The Hall–Kier alpha value is -3.26. The van der Waals surface area contributed by atoms with E-state index in [1.54, 1.807) is 37.4 Å². The van der Waals surface area contributed by atoms with Gasteiger partial charge in [-0.15, -0.1) is 0 Å². The number of carbonyl (C=O) groups is 1. The summed E-state index contributed by atoms with van der Waals surface area (Å²) in [6, 6.07) is 16.2. The van der Waals surface area contributed by atoms with Gasteiger partial charge < -0.3 is 14.8 Å². The predicted octanol–water partition coefficient (Wildman–Crippen LogP) is 4.03. The number of para-hydroxylation sites is 1. The van der Waals surface area contributed by atoms with Gasteiger partial charge in [0.2, 0.25) is 0 Å². The molecule has 0 aromatic heterocycles. The smallest absolute Gasteiger partial charge is 0.266 e. The average Bonchev–Trinajstić information content (AvgIpc) is 2.65. The summed E-state index contributed by atoms with van der Waals surface area (Å²) in [6.07, 6.45) is 2.36. The van der Waals surface area contributed by atoms with E-state index in [2.05, 4.69) is 5.32 Å². The molecule has 0 bridgehead atoms. The first-order valence-electron chi connectivity index (χ1n) is 7.97. The fourth-order valence-corrected chi connectivity index (χ4v) is 2.12. The highest BCUT2D eigenvalue weighted by atomic mass is 16.5. The molecular formula is C20H20N2O3. The molecule has 0 aliphatic rings. The molecule has 0 spiro atoms. The molecule has 2 rings (SSSR count). The zero-order chi connectivity index (χ0) is 18.1. The van der Waals surface area contributed by atoms with Gasteiger partial charge >= 0.3 is 0 Å². The summed E-state index contributed by atoms with van der Waals surface area (Å²) in [5, 5.41) is 12.1. The Morgan fingerprint density at radius 3 is 2.64 bits per heavy atom. The van der Waals surface area contributed by atoms with Crippen molar-refractivity contribution in [1.29, 1.82) is 5.26 Å². The van der Waals surface area contributed by atoms with Crippen molar-refractivity contribution in [2.24, 2.45) is 0 Å². The minimum atomic E-state index is -0.467. The zero-order valence-corrected chi connectivity index (χ0v) is 14.3. The lowest BCUT2D eigenvalue weighted by atomic mass is 10.1. The van der Waals surface area contributed by atoms with E-state index in [-0.39, 0.29) is 5.57 Å². The summed E-state index contributed by atoms with van der Waals surface area (Å²) in [5.41, 5.74) is 1.27. The Bertz CT molecular complexity index is 792. The summed E-state index contributed by atoms with van der Waals surface area (Å²) in [4.78, 5) is 12.3. The average molecular weight is 336 g/mol. The number of benzene rings is 2. The van der Waals surface area contributed by atoms with Gasteiger partial charge in [0.15, 0.2) is 0 Å². The molecule has 1 amide bonds. The van der Waals surface area contributed by atoms with Crippen LogP contribution in [0.3, 0.4) is 0 Å². The molecule has 0 saturated heterocycles. The van der Waals surface area contributed by atoms with Crippen LogP contribution in [-0.2, 0) is 4.79 Å². The Morgan fingerprint density at radius 1 is 1.24 bits per heavy atom. The summed E-state index contributed by atoms with van der Waals surface area (Å²) in [5.74, 6) is 0.753. The number of anilines is 1. The molecule has 25 heavy (non-hydrogen) atoms. The first-order chi connectivity index (χ1) is 12.2. The predicted molar refractivity (Wildman–Crippen MR) is 97.4 cm³/mol. The van der Waals surface area contributed by atoms with Crippen LogP contribution in [0.15, 0.2) is 54.1 Å². The summed E-state index contributed by atoms with van der Waals surface area (Å²) in [6.45, 7) is 2.54. The number of nitrogens with zero attached hydrogens (tertiary/aromatic N) is 1. The van der Waals surface area contributed by atoms with Gasteiger partial charge in [0, 0.05) is 17.3 Å². The van der Waals surface area contributed by atoms with Crippen molar-refractivity contribution >= 4 is 17.7 Å². The third-order valence-corrected chi connectivity index (χ3v) is 3.38. The van der Waals surface area contributed by atoms with Crippen LogP contribution in [0.25, 0.3) is 6.08 Å². The molecule has 0 aliphatic carbocycles. The molecule has 0 heterocycles. The van der Waals surface area contributed by atoms with Gasteiger partial charge in [0.1, 0.15) is 23.1 Å².